The Balaban J connectivity index is 2.90. The highest BCUT2D eigenvalue weighted by Gasteiger charge is 2.28. The second-order valence-electron chi connectivity index (χ2n) is 5.66. The van der Waals surface area contributed by atoms with Crippen molar-refractivity contribution in [3.63, 3.8) is 0 Å². The van der Waals surface area contributed by atoms with Crippen LogP contribution in [0.25, 0.3) is 0 Å². The van der Waals surface area contributed by atoms with E-state index in [-0.39, 0.29) is 5.91 Å². The van der Waals surface area contributed by atoms with E-state index in [0.29, 0.717) is 24.6 Å². The van der Waals surface area contributed by atoms with E-state index >= 15 is 0 Å². The number of amides is 1. The van der Waals surface area contributed by atoms with Crippen LogP contribution in [0.5, 0.6) is 5.75 Å². The summed E-state index contributed by atoms with van der Waals surface area (Å²) in [4.78, 5) is 12.3. The SMILES string of the molecule is CCCCCNC(=O)[C@H](C)N(c1ccc(OCC)cc1)S(C)(=O)=O. The summed E-state index contributed by atoms with van der Waals surface area (Å²) in [6.07, 6.45) is 4.08. The van der Waals surface area contributed by atoms with Crippen LogP contribution in [-0.4, -0.2) is 39.8 Å². The van der Waals surface area contributed by atoms with Crippen LogP contribution in [0.15, 0.2) is 24.3 Å². The van der Waals surface area contributed by atoms with Crippen LogP contribution >= 0.6 is 0 Å². The zero-order chi connectivity index (χ0) is 18.2. The zero-order valence-corrected chi connectivity index (χ0v) is 15.7. The molecule has 0 unspecified atom stereocenters. The van der Waals surface area contributed by atoms with Gasteiger partial charge in [0, 0.05) is 6.54 Å². The topological polar surface area (TPSA) is 75.7 Å². The Hall–Kier alpha value is -1.76. The molecule has 0 saturated carbocycles. The van der Waals surface area contributed by atoms with Gasteiger partial charge < -0.3 is 10.1 Å². The molecule has 0 spiro atoms. The van der Waals surface area contributed by atoms with Gasteiger partial charge >= 0.3 is 0 Å². The summed E-state index contributed by atoms with van der Waals surface area (Å²) in [5, 5.41) is 2.80. The Morgan fingerprint density at radius 3 is 2.33 bits per heavy atom. The molecule has 1 rings (SSSR count). The molecule has 24 heavy (non-hydrogen) atoms. The second kappa shape index (κ2) is 9.52. The maximum atomic E-state index is 12.3. The smallest absolute Gasteiger partial charge is 0.243 e. The molecule has 0 radical (unpaired) electrons. The molecular formula is C17H28N2O4S. The van der Waals surface area contributed by atoms with E-state index < -0.39 is 16.1 Å². The van der Waals surface area contributed by atoms with Crippen molar-refractivity contribution >= 4 is 21.6 Å². The molecule has 0 saturated heterocycles. The van der Waals surface area contributed by atoms with E-state index in [1.807, 2.05) is 6.92 Å². The Morgan fingerprint density at radius 2 is 1.83 bits per heavy atom. The van der Waals surface area contributed by atoms with Gasteiger partial charge in [0.25, 0.3) is 0 Å². The first-order valence-corrected chi connectivity index (χ1v) is 10.2. The molecule has 1 atom stereocenters. The van der Waals surface area contributed by atoms with Crippen LogP contribution in [0.2, 0.25) is 0 Å². The lowest BCUT2D eigenvalue weighted by Gasteiger charge is -2.28. The molecule has 6 nitrogen and oxygen atoms in total. The van der Waals surface area contributed by atoms with Gasteiger partial charge in [-0.25, -0.2) is 8.42 Å². The zero-order valence-electron chi connectivity index (χ0n) is 14.9. The third-order valence-electron chi connectivity index (χ3n) is 3.57. The number of sulfonamides is 1. The minimum absolute atomic E-state index is 0.301. The standard InChI is InChI=1S/C17H28N2O4S/c1-5-7-8-13-18-17(20)14(3)19(24(4,21)22)15-9-11-16(12-10-15)23-6-2/h9-12,14H,5-8,13H2,1-4H3,(H,18,20)/t14-/m0/s1. The molecule has 0 aromatic heterocycles. The van der Waals surface area contributed by atoms with Gasteiger partial charge in [-0.1, -0.05) is 19.8 Å². The van der Waals surface area contributed by atoms with Crippen LogP contribution in [0.3, 0.4) is 0 Å². The van der Waals surface area contributed by atoms with Crippen molar-refractivity contribution in [3.8, 4) is 5.75 Å². The highest BCUT2D eigenvalue weighted by Crippen LogP contribution is 2.24. The number of carbonyl (C=O) groups excluding carboxylic acids is 1. The number of benzene rings is 1. The Bertz CT molecular complexity index is 614. The summed E-state index contributed by atoms with van der Waals surface area (Å²) < 4.78 is 30.9. The fraction of sp³-hybridized carbons (Fsp3) is 0.588. The predicted octanol–water partition coefficient (Wildman–Crippen LogP) is 2.55. The molecule has 0 heterocycles. The van der Waals surface area contributed by atoms with Crippen LogP contribution in [-0.2, 0) is 14.8 Å². The summed E-state index contributed by atoms with van der Waals surface area (Å²) in [5.74, 6) is 0.358. The van der Waals surface area contributed by atoms with Crippen LogP contribution in [0.1, 0.15) is 40.0 Å². The second-order valence-corrected chi connectivity index (χ2v) is 7.52. The summed E-state index contributed by atoms with van der Waals surface area (Å²) in [6.45, 7) is 6.64. The van der Waals surface area contributed by atoms with E-state index in [4.69, 9.17) is 4.74 Å². The van der Waals surface area contributed by atoms with Gasteiger partial charge in [0.15, 0.2) is 0 Å². The van der Waals surface area contributed by atoms with Crippen molar-refractivity contribution < 1.29 is 17.9 Å². The summed E-state index contributed by atoms with van der Waals surface area (Å²) >= 11 is 0. The fourth-order valence-electron chi connectivity index (χ4n) is 2.40. The lowest BCUT2D eigenvalue weighted by Crippen LogP contribution is -2.48. The molecule has 136 valence electrons. The van der Waals surface area contributed by atoms with Gasteiger partial charge in [0.05, 0.1) is 18.6 Å². The van der Waals surface area contributed by atoms with Gasteiger partial charge in [0.2, 0.25) is 15.9 Å². The van der Waals surface area contributed by atoms with Crippen molar-refractivity contribution in [2.24, 2.45) is 0 Å². The normalized spacial score (nSPS) is 12.5. The molecule has 0 aliphatic rings. The Morgan fingerprint density at radius 1 is 1.21 bits per heavy atom. The number of carbonyl (C=O) groups is 1. The van der Waals surface area contributed by atoms with Gasteiger partial charge in [0.1, 0.15) is 11.8 Å². The number of rotatable bonds is 10. The minimum Gasteiger partial charge on any atom is -0.494 e. The summed E-state index contributed by atoms with van der Waals surface area (Å²) in [5.41, 5.74) is 0.442. The highest BCUT2D eigenvalue weighted by molar-refractivity contribution is 7.92. The number of hydrogen-bond acceptors (Lipinski definition) is 4. The maximum Gasteiger partial charge on any atom is 0.243 e. The third kappa shape index (κ3) is 6.03. The Labute approximate surface area is 145 Å². The lowest BCUT2D eigenvalue weighted by molar-refractivity contribution is -0.121. The Kier molecular flexibility index (Phi) is 8.04. The number of hydrogen-bond donors (Lipinski definition) is 1. The molecule has 1 amide bonds. The first kappa shape index (κ1) is 20.3. The average Bonchev–Trinajstić information content (AvgIpc) is 2.52. The number of unbranched alkanes of at least 4 members (excludes halogenated alkanes) is 2. The molecule has 0 aliphatic carbocycles. The van der Waals surface area contributed by atoms with Crippen molar-refractivity contribution in [1.29, 1.82) is 0 Å². The summed E-state index contributed by atoms with van der Waals surface area (Å²) in [6, 6.07) is 5.87. The first-order valence-electron chi connectivity index (χ1n) is 8.31. The quantitative estimate of drug-likeness (QED) is 0.654. The van der Waals surface area contributed by atoms with Crippen LogP contribution < -0.4 is 14.4 Å². The minimum atomic E-state index is -3.59. The molecule has 1 aromatic rings. The molecule has 1 N–H and O–H groups in total. The summed E-state index contributed by atoms with van der Waals surface area (Å²) in [7, 11) is -3.59. The molecule has 0 bridgehead atoms. The number of nitrogens with zero attached hydrogens (tertiary/aromatic N) is 1. The number of ether oxygens (including phenoxy) is 1. The van der Waals surface area contributed by atoms with Gasteiger partial charge in [-0.3, -0.25) is 9.10 Å². The molecule has 7 heteroatoms. The van der Waals surface area contributed by atoms with Crippen LogP contribution in [0.4, 0.5) is 5.69 Å². The molecule has 0 fully saturated rings. The van der Waals surface area contributed by atoms with E-state index in [1.54, 1.807) is 31.2 Å². The van der Waals surface area contributed by atoms with E-state index in [1.165, 1.54) is 0 Å². The van der Waals surface area contributed by atoms with Crippen molar-refractivity contribution in [3.05, 3.63) is 24.3 Å². The predicted molar refractivity (Wildman–Crippen MR) is 96.9 cm³/mol. The van der Waals surface area contributed by atoms with E-state index in [2.05, 4.69) is 12.2 Å². The van der Waals surface area contributed by atoms with Crippen molar-refractivity contribution in [2.45, 2.75) is 46.1 Å². The third-order valence-corrected chi connectivity index (χ3v) is 4.81. The lowest BCUT2D eigenvalue weighted by atomic mass is 10.2. The van der Waals surface area contributed by atoms with Crippen molar-refractivity contribution in [1.82, 2.24) is 5.32 Å². The molecule has 0 aliphatic heterocycles. The fourth-order valence-corrected chi connectivity index (χ4v) is 3.57. The average molecular weight is 356 g/mol. The van der Waals surface area contributed by atoms with E-state index in [9.17, 15) is 13.2 Å². The molecule has 1 aromatic carbocycles. The van der Waals surface area contributed by atoms with Crippen LogP contribution in [0, 0.1) is 0 Å². The maximum absolute atomic E-state index is 12.3. The van der Waals surface area contributed by atoms with Gasteiger partial charge in [-0.05, 0) is 44.5 Å². The van der Waals surface area contributed by atoms with Gasteiger partial charge in [-0.15, -0.1) is 0 Å². The van der Waals surface area contributed by atoms with Gasteiger partial charge in [-0.2, -0.15) is 0 Å². The van der Waals surface area contributed by atoms with Crippen molar-refractivity contribution in [2.75, 3.05) is 23.7 Å². The monoisotopic (exact) mass is 356 g/mol. The van der Waals surface area contributed by atoms with E-state index in [0.717, 1.165) is 29.8 Å². The molecular weight excluding hydrogens is 328 g/mol. The number of nitrogens with one attached hydrogen (secondary N) is 1. The first-order chi connectivity index (χ1) is 11.3. The highest BCUT2D eigenvalue weighted by atomic mass is 32.2. The number of anilines is 1. The largest absolute Gasteiger partial charge is 0.494 e.